The van der Waals surface area contributed by atoms with Gasteiger partial charge in [-0.25, -0.2) is 0 Å². The zero-order valence-corrected chi connectivity index (χ0v) is 34.0. The first-order valence-electron chi connectivity index (χ1n) is 20.5. The van der Waals surface area contributed by atoms with E-state index < -0.39 is 0 Å². The summed E-state index contributed by atoms with van der Waals surface area (Å²) in [5.41, 5.74) is 4.59. The van der Waals surface area contributed by atoms with Crippen LogP contribution in [0.2, 0.25) is 0 Å². The van der Waals surface area contributed by atoms with Crippen LogP contribution in [0.3, 0.4) is 0 Å². The van der Waals surface area contributed by atoms with Gasteiger partial charge in [-0.1, -0.05) is 76.2 Å². The molecule has 4 atom stereocenters. The normalized spacial score (nSPS) is 21.8. The molecule has 8 nitrogen and oxygen atoms in total. The van der Waals surface area contributed by atoms with Crippen molar-refractivity contribution in [2.45, 2.75) is 103 Å². The second-order valence-electron chi connectivity index (χ2n) is 16.8. The zero-order valence-electron chi connectivity index (χ0n) is 34.0. The summed E-state index contributed by atoms with van der Waals surface area (Å²) in [5, 5.41) is 0. The van der Waals surface area contributed by atoms with Crippen molar-refractivity contribution in [3.05, 3.63) is 119 Å². The fourth-order valence-corrected chi connectivity index (χ4v) is 7.44. The summed E-state index contributed by atoms with van der Waals surface area (Å²) in [6.07, 6.45) is 4.38. The molecule has 3 fully saturated rings. The Labute approximate surface area is 333 Å². The maximum Gasteiger partial charge on any atom is 0.196 e. The lowest BCUT2D eigenvalue weighted by Crippen LogP contribution is -2.27. The number of benzene rings is 4. The summed E-state index contributed by atoms with van der Waals surface area (Å²) in [6.45, 7) is 17.2. The van der Waals surface area contributed by atoms with Crippen LogP contribution in [0.25, 0.3) is 0 Å². The second kappa shape index (κ2) is 18.0. The number of epoxide rings is 2. The molecule has 3 aliphatic rings. The van der Waals surface area contributed by atoms with Crippen LogP contribution in [-0.4, -0.2) is 64.4 Å². The Hall–Kier alpha value is -4.08. The maximum atomic E-state index is 6.18. The maximum absolute atomic E-state index is 6.18. The van der Waals surface area contributed by atoms with E-state index >= 15 is 0 Å². The van der Waals surface area contributed by atoms with Gasteiger partial charge in [-0.15, -0.1) is 0 Å². The van der Waals surface area contributed by atoms with Crippen molar-refractivity contribution in [1.29, 1.82) is 0 Å². The molecule has 1 saturated carbocycles. The third-order valence-corrected chi connectivity index (χ3v) is 11.7. The molecule has 0 spiro atoms. The molecule has 56 heavy (non-hydrogen) atoms. The Balaban J connectivity index is 0.777. The monoisotopic (exact) mass is 764 g/mol. The smallest absolute Gasteiger partial charge is 0.196 e. The molecule has 7 rings (SSSR count). The molecule has 2 saturated heterocycles. The molecule has 300 valence electrons. The highest BCUT2D eigenvalue weighted by Gasteiger charge is 2.27. The molecular formula is C48H60O8. The fraction of sp³-hybridized carbons (Fsp3) is 0.500. The first-order chi connectivity index (χ1) is 27.0. The SMILES string of the molecule is CC(OCC1CCC(COC(C)Oc2ccc(C(C)(C)c3ccc(OCC4CO4)cc3)cc2)CC1)Oc1ccc(C(C)(C)c2ccc(OCC3CO3)cc2)cc1. The second-order valence-corrected chi connectivity index (χ2v) is 16.8. The molecule has 0 amide bonds. The van der Waals surface area contributed by atoms with Gasteiger partial charge in [-0.05, 0) is 122 Å². The summed E-state index contributed by atoms with van der Waals surface area (Å²) < 4.78 is 46.8. The van der Waals surface area contributed by atoms with Crippen LogP contribution in [-0.2, 0) is 29.8 Å². The minimum absolute atomic E-state index is 0.158. The number of rotatable bonds is 20. The third-order valence-electron chi connectivity index (χ3n) is 11.7. The Bertz CT molecular complexity index is 1650. The fourth-order valence-electron chi connectivity index (χ4n) is 7.44. The van der Waals surface area contributed by atoms with E-state index in [4.69, 9.17) is 37.9 Å². The molecule has 4 unspecified atom stereocenters. The van der Waals surface area contributed by atoms with Gasteiger partial charge in [0.25, 0.3) is 0 Å². The Morgan fingerprint density at radius 2 is 0.750 bits per heavy atom. The average Bonchev–Trinajstić information content (AvgIpc) is 4.16. The number of hydrogen-bond donors (Lipinski definition) is 0. The molecule has 4 aromatic rings. The van der Waals surface area contributed by atoms with E-state index in [-0.39, 0.29) is 35.6 Å². The molecule has 0 N–H and O–H groups in total. The minimum Gasteiger partial charge on any atom is -0.491 e. The summed E-state index contributed by atoms with van der Waals surface area (Å²) in [7, 11) is 0. The van der Waals surface area contributed by atoms with E-state index in [1.54, 1.807) is 0 Å². The lowest BCUT2D eigenvalue weighted by molar-refractivity contribution is -0.0946. The minimum atomic E-state index is -0.319. The largest absolute Gasteiger partial charge is 0.491 e. The molecule has 2 heterocycles. The molecule has 4 aromatic carbocycles. The molecular weight excluding hydrogens is 705 g/mol. The molecule has 2 aliphatic heterocycles. The predicted octanol–water partition coefficient (Wildman–Crippen LogP) is 9.88. The topological polar surface area (TPSA) is 80.4 Å². The van der Waals surface area contributed by atoms with Crippen molar-refractivity contribution in [1.82, 2.24) is 0 Å². The van der Waals surface area contributed by atoms with Crippen molar-refractivity contribution in [3.8, 4) is 23.0 Å². The van der Waals surface area contributed by atoms with Crippen LogP contribution in [0.4, 0.5) is 0 Å². The van der Waals surface area contributed by atoms with E-state index in [1.807, 2.05) is 62.4 Å². The highest BCUT2D eigenvalue weighted by Crippen LogP contribution is 2.36. The summed E-state index contributed by atoms with van der Waals surface area (Å²) in [5.74, 6) is 4.44. The predicted molar refractivity (Wildman–Crippen MR) is 218 cm³/mol. The van der Waals surface area contributed by atoms with E-state index in [0.29, 0.717) is 38.3 Å². The summed E-state index contributed by atoms with van der Waals surface area (Å²) >= 11 is 0. The van der Waals surface area contributed by atoms with E-state index in [0.717, 1.165) is 61.9 Å². The Morgan fingerprint density at radius 1 is 0.464 bits per heavy atom. The van der Waals surface area contributed by atoms with E-state index in [1.165, 1.54) is 22.3 Å². The summed E-state index contributed by atoms with van der Waals surface area (Å²) in [6, 6.07) is 33.5. The Morgan fingerprint density at radius 3 is 1.04 bits per heavy atom. The molecule has 1 aliphatic carbocycles. The van der Waals surface area contributed by atoms with Crippen molar-refractivity contribution in [2.75, 3.05) is 39.6 Å². The van der Waals surface area contributed by atoms with Crippen LogP contribution < -0.4 is 18.9 Å². The quantitative estimate of drug-likeness (QED) is 0.0650. The van der Waals surface area contributed by atoms with Crippen molar-refractivity contribution < 1.29 is 37.9 Å². The first-order valence-corrected chi connectivity index (χ1v) is 20.5. The number of hydrogen-bond acceptors (Lipinski definition) is 8. The highest BCUT2D eigenvalue weighted by atomic mass is 16.7. The van der Waals surface area contributed by atoms with Gasteiger partial charge in [0.2, 0.25) is 0 Å². The van der Waals surface area contributed by atoms with E-state index in [2.05, 4.69) is 76.2 Å². The van der Waals surface area contributed by atoms with Crippen molar-refractivity contribution in [2.24, 2.45) is 11.8 Å². The van der Waals surface area contributed by atoms with Crippen LogP contribution in [0.5, 0.6) is 23.0 Å². The van der Waals surface area contributed by atoms with Crippen molar-refractivity contribution >= 4 is 0 Å². The van der Waals surface area contributed by atoms with Crippen LogP contribution >= 0.6 is 0 Å². The van der Waals surface area contributed by atoms with Gasteiger partial charge < -0.3 is 37.9 Å². The molecule has 0 bridgehead atoms. The van der Waals surface area contributed by atoms with Gasteiger partial charge in [0, 0.05) is 10.8 Å². The van der Waals surface area contributed by atoms with Gasteiger partial charge in [0.15, 0.2) is 12.6 Å². The molecule has 0 radical (unpaired) electrons. The number of ether oxygens (including phenoxy) is 8. The van der Waals surface area contributed by atoms with E-state index in [9.17, 15) is 0 Å². The first kappa shape index (κ1) is 40.1. The van der Waals surface area contributed by atoms with Gasteiger partial charge in [0.05, 0.1) is 26.4 Å². The van der Waals surface area contributed by atoms with Gasteiger partial charge in [-0.3, -0.25) is 0 Å². The van der Waals surface area contributed by atoms with Gasteiger partial charge in [-0.2, -0.15) is 0 Å². The highest BCUT2D eigenvalue weighted by molar-refractivity contribution is 5.43. The van der Waals surface area contributed by atoms with Crippen LogP contribution in [0, 0.1) is 11.8 Å². The van der Waals surface area contributed by atoms with Gasteiger partial charge >= 0.3 is 0 Å². The van der Waals surface area contributed by atoms with Crippen LogP contribution in [0.15, 0.2) is 97.1 Å². The Kier molecular flexibility index (Phi) is 12.9. The van der Waals surface area contributed by atoms with Crippen LogP contribution in [0.1, 0.15) is 89.5 Å². The standard InChI is InChI=1S/C48H60O8/c1-33(55-43-23-15-39(16-24-43)47(3,4)37-11-19-41(20-12-37)51-29-45-31-53-45)49-27-35-7-9-36(10-8-35)28-50-34(2)56-44-25-17-40(18-26-44)48(5,6)38-13-21-42(22-14-38)52-30-46-32-54-46/h11-26,33-36,45-46H,7-10,27-32H2,1-6H3. The third kappa shape index (κ3) is 11.1. The zero-order chi connectivity index (χ0) is 39.1. The molecule has 0 aromatic heterocycles. The summed E-state index contributed by atoms with van der Waals surface area (Å²) in [4.78, 5) is 0. The lowest BCUT2D eigenvalue weighted by Gasteiger charge is -2.30. The lowest BCUT2D eigenvalue weighted by atomic mass is 9.78. The average molecular weight is 765 g/mol. The van der Waals surface area contributed by atoms with Gasteiger partial charge in [0.1, 0.15) is 48.4 Å². The van der Waals surface area contributed by atoms with Crippen molar-refractivity contribution in [3.63, 3.8) is 0 Å². The molecule has 8 heteroatoms.